The molecule has 31 heavy (non-hydrogen) atoms. The second kappa shape index (κ2) is 9.13. The van der Waals surface area contributed by atoms with Crippen molar-refractivity contribution in [3.05, 3.63) is 51.4 Å². The Kier molecular flexibility index (Phi) is 6.49. The first-order valence-corrected chi connectivity index (χ1v) is 12.1. The van der Waals surface area contributed by atoms with E-state index in [-0.39, 0.29) is 23.3 Å². The molecule has 0 bridgehead atoms. The molecule has 1 saturated heterocycles. The molecule has 2 N–H and O–H groups in total. The van der Waals surface area contributed by atoms with Crippen LogP contribution in [0, 0.1) is 0 Å². The van der Waals surface area contributed by atoms with Gasteiger partial charge >= 0.3 is 0 Å². The number of hydrogen-bond donors (Lipinski definition) is 2. The molecule has 1 aromatic heterocycles. The second-order valence-electron chi connectivity index (χ2n) is 9.54. The molecule has 1 aliphatic heterocycles. The molecule has 4 rings (SSSR count). The van der Waals surface area contributed by atoms with Crippen molar-refractivity contribution in [1.82, 2.24) is 5.32 Å². The van der Waals surface area contributed by atoms with Gasteiger partial charge in [-0.2, -0.15) is 0 Å². The zero-order valence-corrected chi connectivity index (χ0v) is 19.5. The van der Waals surface area contributed by atoms with Crippen molar-refractivity contribution in [2.45, 2.75) is 70.8 Å². The van der Waals surface area contributed by atoms with E-state index in [4.69, 9.17) is 4.74 Å². The van der Waals surface area contributed by atoms with Crippen LogP contribution in [0.15, 0.2) is 24.3 Å². The van der Waals surface area contributed by atoms with Gasteiger partial charge in [-0.3, -0.25) is 9.59 Å². The number of carbonyl (C=O) groups is 2. The fraction of sp³-hybridized carbons (Fsp3) is 0.520. The van der Waals surface area contributed by atoms with Crippen molar-refractivity contribution < 1.29 is 14.3 Å². The molecule has 2 heterocycles. The first kappa shape index (κ1) is 22.0. The maximum atomic E-state index is 13.1. The van der Waals surface area contributed by atoms with E-state index in [0.717, 1.165) is 50.7 Å². The molecule has 0 saturated carbocycles. The number of thiophene rings is 1. The molecule has 1 atom stereocenters. The van der Waals surface area contributed by atoms with Crippen LogP contribution in [-0.4, -0.2) is 31.1 Å². The van der Waals surface area contributed by atoms with Gasteiger partial charge in [-0.15, -0.1) is 11.3 Å². The summed E-state index contributed by atoms with van der Waals surface area (Å²) in [5.41, 5.74) is 3.59. The van der Waals surface area contributed by atoms with Crippen LogP contribution in [0.25, 0.3) is 0 Å². The fourth-order valence-electron chi connectivity index (χ4n) is 4.29. The van der Waals surface area contributed by atoms with Crippen molar-refractivity contribution in [3.8, 4) is 0 Å². The van der Waals surface area contributed by atoms with Gasteiger partial charge in [0.25, 0.3) is 11.8 Å². The van der Waals surface area contributed by atoms with Crippen LogP contribution in [-0.2, 0) is 23.0 Å². The van der Waals surface area contributed by atoms with Crippen LogP contribution in [0.2, 0.25) is 0 Å². The number of nitrogens with one attached hydrogen (secondary N) is 2. The number of anilines is 1. The van der Waals surface area contributed by atoms with Crippen LogP contribution >= 0.6 is 11.3 Å². The number of aryl methyl sites for hydroxylation is 1. The molecule has 2 aliphatic rings. The Bertz CT molecular complexity index is 950. The first-order valence-electron chi connectivity index (χ1n) is 11.3. The molecule has 2 aromatic rings. The van der Waals surface area contributed by atoms with Crippen molar-refractivity contribution >= 4 is 28.2 Å². The third-order valence-electron chi connectivity index (χ3n) is 6.15. The highest BCUT2D eigenvalue weighted by Crippen LogP contribution is 2.38. The summed E-state index contributed by atoms with van der Waals surface area (Å²) in [5.74, 6) is -0.277. The van der Waals surface area contributed by atoms with Crippen molar-refractivity contribution in [2.24, 2.45) is 0 Å². The summed E-state index contributed by atoms with van der Waals surface area (Å²) in [6, 6.07) is 7.73. The molecule has 5 nitrogen and oxygen atoms in total. The third-order valence-corrected chi connectivity index (χ3v) is 7.36. The Labute approximate surface area is 188 Å². The minimum atomic E-state index is -0.174. The van der Waals surface area contributed by atoms with Gasteiger partial charge in [0.05, 0.1) is 11.7 Å². The fourth-order valence-corrected chi connectivity index (χ4v) is 5.57. The largest absolute Gasteiger partial charge is 0.376 e. The number of hydrogen-bond acceptors (Lipinski definition) is 4. The molecule has 1 aromatic carbocycles. The lowest BCUT2D eigenvalue weighted by molar-refractivity contribution is 0.0858. The summed E-state index contributed by atoms with van der Waals surface area (Å²) in [6.45, 7) is 7.74. The van der Waals surface area contributed by atoms with Gasteiger partial charge in [0.2, 0.25) is 0 Å². The van der Waals surface area contributed by atoms with Gasteiger partial charge in [0.15, 0.2) is 0 Å². The first-order chi connectivity index (χ1) is 14.8. The monoisotopic (exact) mass is 440 g/mol. The topological polar surface area (TPSA) is 67.4 Å². The molecule has 166 valence electrons. The highest BCUT2D eigenvalue weighted by molar-refractivity contribution is 7.17. The number of rotatable bonds is 5. The van der Waals surface area contributed by atoms with Gasteiger partial charge in [0, 0.05) is 23.6 Å². The lowest BCUT2D eigenvalue weighted by Crippen LogP contribution is -2.32. The summed E-state index contributed by atoms with van der Waals surface area (Å²) in [5, 5.41) is 6.75. The van der Waals surface area contributed by atoms with Crippen LogP contribution in [0.1, 0.15) is 83.2 Å². The Morgan fingerprint density at radius 2 is 1.81 bits per heavy atom. The zero-order chi connectivity index (χ0) is 22.0. The minimum absolute atomic E-state index is 0.0378. The standard InChI is InChI=1S/C25H32N2O3S/c1-25(2,3)17-12-10-16(11-13-17)22(28)27-24-21(19-8-4-5-9-20(19)31-24)23(29)26-15-18-7-6-14-30-18/h10-13,18H,4-9,14-15H2,1-3H3,(H,26,29)(H,27,28)/t18-/m0/s1. The van der Waals surface area contributed by atoms with Crippen LogP contribution in [0.4, 0.5) is 5.00 Å². The van der Waals surface area contributed by atoms with E-state index in [0.29, 0.717) is 22.7 Å². The second-order valence-corrected chi connectivity index (χ2v) is 10.6. The van der Waals surface area contributed by atoms with E-state index >= 15 is 0 Å². The molecule has 6 heteroatoms. The van der Waals surface area contributed by atoms with E-state index in [1.165, 1.54) is 10.4 Å². The Balaban J connectivity index is 1.53. The Morgan fingerprint density at radius 1 is 1.06 bits per heavy atom. The number of benzene rings is 1. The van der Waals surface area contributed by atoms with Crippen molar-refractivity contribution in [1.29, 1.82) is 0 Å². The lowest BCUT2D eigenvalue weighted by Gasteiger charge is -2.19. The molecule has 2 amide bonds. The Hall–Kier alpha value is -2.18. The minimum Gasteiger partial charge on any atom is -0.376 e. The molecular weight excluding hydrogens is 408 g/mol. The molecule has 0 radical (unpaired) electrons. The summed E-state index contributed by atoms with van der Waals surface area (Å²) >= 11 is 1.55. The van der Waals surface area contributed by atoms with Gasteiger partial charge in [0.1, 0.15) is 5.00 Å². The summed E-state index contributed by atoms with van der Waals surface area (Å²) in [4.78, 5) is 27.3. The Morgan fingerprint density at radius 3 is 2.48 bits per heavy atom. The van der Waals surface area contributed by atoms with E-state index in [1.807, 2.05) is 24.3 Å². The average Bonchev–Trinajstić information content (AvgIpc) is 3.39. The maximum Gasteiger partial charge on any atom is 0.256 e. The summed E-state index contributed by atoms with van der Waals surface area (Å²) in [7, 11) is 0. The number of carbonyl (C=O) groups excluding carboxylic acids is 2. The molecule has 0 unspecified atom stereocenters. The van der Waals surface area contributed by atoms with Crippen LogP contribution in [0.5, 0.6) is 0 Å². The SMILES string of the molecule is CC(C)(C)c1ccc(C(=O)Nc2sc3c(c2C(=O)NC[C@@H]2CCCO2)CCCC3)cc1. The summed E-state index contributed by atoms with van der Waals surface area (Å²) in [6.07, 6.45) is 6.20. The lowest BCUT2D eigenvalue weighted by atomic mass is 9.87. The normalized spacial score (nSPS) is 18.5. The van der Waals surface area contributed by atoms with Crippen molar-refractivity contribution in [2.75, 3.05) is 18.5 Å². The van der Waals surface area contributed by atoms with Gasteiger partial charge in [-0.05, 0) is 67.2 Å². The maximum absolute atomic E-state index is 13.1. The average molecular weight is 441 g/mol. The van der Waals surface area contributed by atoms with Crippen LogP contribution in [0.3, 0.4) is 0 Å². The van der Waals surface area contributed by atoms with E-state index in [2.05, 4.69) is 31.4 Å². The molecule has 1 fully saturated rings. The number of amides is 2. The zero-order valence-electron chi connectivity index (χ0n) is 18.7. The van der Waals surface area contributed by atoms with E-state index in [1.54, 1.807) is 11.3 Å². The van der Waals surface area contributed by atoms with Crippen molar-refractivity contribution in [3.63, 3.8) is 0 Å². The molecular formula is C25H32N2O3S. The quantitative estimate of drug-likeness (QED) is 0.681. The van der Waals surface area contributed by atoms with Crippen LogP contribution < -0.4 is 10.6 Å². The third kappa shape index (κ3) is 5.01. The van der Waals surface area contributed by atoms with E-state index in [9.17, 15) is 9.59 Å². The predicted octanol–water partition coefficient (Wildman–Crippen LogP) is 5.09. The number of ether oxygens (including phenoxy) is 1. The molecule has 0 spiro atoms. The highest BCUT2D eigenvalue weighted by atomic mass is 32.1. The smallest absolute Gasteiger partial charge is 0.256 e. The number of fused-ring (bicyclic) bond motifs is 1. The predicted molar refractivity (Wildman–Crippen MR) is 125 cm³/mol. The molecule has 1 aliphatic carbocycles. The summed E-state index contributed by atoms with van der Waals surface area (Å²) < 4.78 is 5.64. The van der Waals surface area contributed by atoms with Gasteiger partial charge in [-0.1, -0.05) is 32.9 Å². The van der Waals surface area contributed by atoms with E-state index < -0.39 is 0 Å². The highest BCUT2D eigenvalue weighted by Gasteiger charge is 2.27. The van der Waals surface area contributed by atoms with Gasteiger partial charge < -0.3 is 15.4 Å². The van der Waals surface area contributed by atoms with Gasteiger partial charge in [-0.25, -0.2) is 0 Å².